The van der Waals surface area contributed by atoms with E-state index in [1.165, 1.54) is 18.3 Å². The van der Waals surface area contributed by atoms with Gasteiger partial charge in [0.2, 0.25) is 0 Å². The number of aromatic nitrogens is 1. The van der Waals surface area contributed by atoms with Crippen molar-refractivity contribution in [2.75, 3.05) is 5.43 Å². The second-order valence-corrected chi connectivity index (χ2v) is 1.88. The molecule has 0 amide bonds. The van der Waals surface area contributed by atoms with Gasteiger partial charge in [0.1, 0.15) is 5.82 Å². The normalized spacial score (nSPS) is 12.6. The fraction of sp³-hybridized carbons (Fsp3) is 0. The largest absolute Gasteiger partial charge is 0.595 e. The third kappa shape index (κ3) is 1.85. The summed E-state index contributed by atoms with van der Waals surface area (Å²) in [5, 5.41) is 17.8. The van der Waals surface area contributed by atoms with Crippen LogP contribution >= 0.6 is 0 Å². The van der Waals surface area contributed by atoms with E-state index in [4.69, 9.17) is 11.0 Å². The number of rotatable bonds is 2. The molecule has 1 aromatic rings. The van der Waals surface area contributed by atoms with Crippen molar-refractivity contribution in [2.45, 2.75) is 0 Å². The number of hydrazine groups is 1. The van der Waals surface area contributed by atoms with Gasteiger partial charge in [-0.3, -0.25) is 0 Å². The number of nitrogens with one attached hydrogen (secondary N) is 2. The molecule has 0 aliphatic heterocycles. The lowest BCUT2D eigenvalue weighted by Crippen LogP contribution is -2.99. The molecule has 1 aromatic heterocycles. The second-order valence-electron chi connectivity index (χ2n) is 1.88. The first-order valence-corrected chi connectivity index (χ1v) is 2.90. The summed E-state index contributed by atoms with van der Waals surface area (Å²) < 4.78 is 0. The summed E-state index contributed by atoms with van der Waals surface area (Å²) in [7, 11) is 0. The van der Waals surface area contributed by atoms with Crippen molar-refractivity contribution in [3.63, 3.8) is 0 Å². The maximum atomic E-state index is 10.3. The third-order valence-corrected chi connectivity index (χ3v) is 1.16. The molecule has 5 N–H and O–H groups in total. The van der Waals surface area contributed by atoms with Crippen LogP contribution in [0.4, 0.5) is 11.5 Å². The van der Waals surface area contributed by atoms with Crippen LogP contribution in [0.2, 0.25) is 0 Å². The van der Waals surface area contributed by atoms with Crippen LogP contribution in [0.5, 0.6) is 0 Å². The van der Waals surface area contributed by atoms with Crippen molar-refractivity contribution in [1.29, 1.82) is 0 Å². The predicted molar refractivity (Wildman–Crippen MR) is 37.8 cm³/mol. The van der Waals surface area contributed by atoms with Crippen molar-refractivity contribution in [1.82, 2.24) is 4.98 Å². The SMILES string of the molecule is NNc1ccc([NH+]([O-])O)cn1. The Morgan fingerprint density at radius 1 is 1.64 bits per heavy atom. The Morgan fingerprint density at radius 2 is 2.36 bits per heavy atom. The lowest BCUT2D eigenvalue weighted by atomic mass is 10.4. The third-order valence-electron chi connectivity index (χ3n) is 1.16. The molecule has 0 aromatic carbocycles. The molecule has 11 heavy (non-hydrogen) atoms. The predicted octanol–water partition coefficient (Wildman–Crippen LogP) is -1.23. The van der Waals surface area contributed by atoms with Crippen molar-refractivity contribution in [3.05, 3.63) is 23.5 Å². The molecule has 60 valence electrons. The Morgan fingerprint density at radius 3 is 2.73 bits per heavy atom. The highest BCUT2D eigenvalue weighted by Gasteiger charge is 1.98. The van der Waals surface area contributed by atoms with Gasteiger partial charge in [0, 0.05) is 6.07 Å². The number of anilines is 1. The first-order chi connectivity index (χ1) is 5.24. The van der Waals surface area contributed by atoms with E-state index in [0.717, 1.165) is 0 Å². The minimum atomic E-state index is -0.999. The van der Waals surface area contributed by atoms with Crippen LogP contribution in [-0.2, 0) is 0 Å². The number of nitrogen functional groups attached to an aromatic ring is 1. The van der Waals surface area contributed by atoms with Crippen LogP contribution in [-0.4, -0.2) is 10.2 Å². The molecule has 1 atom stereocenters. The van der Waals surface area contributed by atoms with Crippen LogP contribution in [0.15, 0.2) is 18.3 Å². The summed E-state index contributed by atoms with van der Waals surface area (Å²) in [6, 6.07) is 2.91. The van der Waals surface area contributed by atoms with E-state index in [1.807, 2.05) is 0 Å². The molecule has 0 radical (unpaired) electrons. The topological polar surface area (TPSA) is 98.7 Å². The summed E-state index contributed by atoms with van der Waals surface area (Å²) in [6.07, 6.45) is 1.23. The number of nitrogens with zero attached hydrogens (tertiary/aromatic N) is 1. The van der Waals surface area contributed by atoms with Crippen LogP contribution in [0, 0.1) is 5.21 Å². The lowest BCUT2D eigenvalue weighted by Gasteiger charge is -2.10. The Hall–Kier alpha value is -1.21. The van der Waals surface area contributed by atoms with Gasteiger partial charge in [-0.05, 0) is 6.07 Å². The highest BCUT2D eigenvalue weighted by Crippen LogP contribution is 2.02. The van der Waals surface area contributed by atoms with E-state index in [-0.39, 0.29) is 5.69 Å². The first-order valence-electron chi connectivity index (χ1n) is 2.90. The van der Waals surface area contributed by atoms with Gasteiger partial charge in [-0.25, -0.2) is 16.0 Å². The molecule has 6 nitrogen and oxygen atoms in total. The van der Waals surface area contributed by atoms with Crippen LogP contribution < -0.4 is 16.5 Å². The van der Waals surface area contributed by atoms with Crippen molar-refractivity contribution < 1.29 is 10.4 Å². The molecule has 6 heteroatoms. The summed E-state index contributed by atoms with van der Waals surface area (Å²) in [5.41, 5.74) is 2.43. The first kappa shape index (κ1) is 7.89. The van der Waals surface area contributed by atoms with Gasteiger partial charge in [-0.15, -0.1) is 0 Å². The number of pyridine rings is 1. The fourth-order valence-corrected chi connectivity index (χ4v) is 0.606. The second kappa shape index (κ2) is 3.26. The molecule has 0 saturated heterocycles. The molecule has 0 aliphatic carbocycles. The van der Waals surface area contributed by atoms with E-state index >= 15 is 0 Å². The van der Waals surface area contributed by atoms with Gasteiger partial charge in [0.05, 0.1) is 6.20 Å². The number of nitrogens with two attached hydrogens (primary N) is 1. The summed E-state index contributed by atoms with van der Waals surface area (Å²) >= 11 is 0. The molecule has 1 rings (SSSR count). The van der Waals surface area contributed by atoms with Crippen molar-refractivity contribution in [2.24, 2.45) is 5.84 Å². The van der Waals surface area contributed by atoms with E-state index in [0.29, 0.717) is 5.82 Å². The van der Waals surface area contributed by atoms with Gasteiger partial charge in [-0.2, -0.15) is 5.23 Å². The molecule has 0 saturated carbocycles. The molecule has 1 heterocycles. The monoisotopic (exact) mass is 156 g/mol. The zero-order valence-corrected chi connectivity index (χ0v) is 5.61. The quantitative estimate of drug-likeness (QED) is 0.317. The summed E-state index contributed by atoms with van der Waals surface area (Å²) in [4.78, 5) is 3.70. The van der Waals surface area contributed by atoms with Crippen LogP contribution in [0.25, 0.3) is 0 Å². The minimum absolute atomic E-state index is 0.143. The zero-order valence-electron chi connectivity index (χ0n) is 5.61. The average Bonchev–Trinajstić information content (AvgIpc) is 2.05. The van der Waals surface area contributed by atoms with Crippen LogP contribution in [0.1, 0.15) is 0 Å². The average molecular weight is 156 g/mol. The van der Waals surface area contributed by atoms with Gasteiger partial charge in [0.25, 0.3) is 0 Å². The van der Waals surface area contributed by atoms with Crippen molar-refractivity contribution >= 4 is 11.5 Å². The Bertz CT molecular complexity index is 222. The maximum Gasteiger partial charge on any atom is 0.182 e. The van der Waals surface area contributed by atoms with Crippen molar-refractivity contribution in [3.8, 4) is 0 Å². The number of quaternary nitrogens is 1. The standard InChI is InChI=1S/C5H8N4O2/c6-8-5-2-1-4(3-7-5)9(10)11/h1-3,9-10H,6H2,(H,7,8). The van der Waals surface area contributed by atoms with Gasteiger partial charge in [-0.1, -0.05) is 0 Å². The Balaban J connectivity index is 2.83. The molecular formula is C5H8N4O2. The Labute approximate surface area is 62.8 Å². The molecule has 0 bridgehead atoms. The molecule has 0 fully saturated rings. The highest BCUT2D eigenvalue weighted by molar-refractivity contribution is 5.38. The highest BCUT2D eigenvalue weighted by atomic mass is 16.8. The van der Waals surface area contributed by atoms with E-state index in [2.05, 4.69) is 10.4 Å². The van der Waals surface area contributed by atoms with E-state index in [1.54, 1.807) is 0 Å². The smallest absolute Gasteiger partial charge is 0.182 e. The molecule has 0 spiro atoms. The van der Waals surface area contributed by atoms with Gasteiger partial charge >= 0.3 is 0 Å². The summed E-state index contributed by atoms with van der Waals surface area (Å²) in [6.45, 7) is 0. The maximum absolute atomic E-state index is 10.3. The molecule has 0 aliphatic rings. The van der Waals surface area contributed by atoms with E-state index < -0.39 is 5.23 Å². The number of hydrogen-bond acceptors (Lipinski definition) is 5. The van der Waals surface area contributed by atoms with Gasteiger partial charge in [0.15, 0.2) is 5.69 Å². The zero-order chi connectivity index (χ0) is 8.27. The summed E-state index contributed by atoms with van der Waals surface area (Å²) in [5.74, 6) is 5.46. The number of hydrogen-bond donors (Lipinski definition) is 4. The lowest BCUT2D eigenvalue weighted by molar-refractivity contribution is -0.991. The van der Waals surface area contributed by atoms with Gasteiger partial charge < -0.3 is 10.6 Å². The molecule has 1 unspecified atom stereocenters. The van der Waals surface area contributed by atoms with E-state index in [9.17, 15) is 5.21 Å². The van der Waals surface area contributed by atoms with Crippen LogP contribution in [0.3, 0.4) is 0 Å². The fourth-order valence-electron chi connectivity index (χ4n) is 0.606. The Kier molecular flexibility index (Phi) is 2.34. The molecular weight excluding hydrogens is 148 g/mol. The minimum Gasteiger partial charge on any atom is -0.595 e.